The molecule has 7 nitrogen and oxygen atoms in total. The van der Waals surface area contributed by atoms with Crippen molar-refractivity contribution in [3.8, 4) is 0 Å². The number of primary amides is 1. The van der Waals surface area contributed by atoms with E-state index in [1.54, 1.807) is 54.6 Å². The molecule has 1 aliphatic heterocycles. The third kappa shape index (κ3) is 7.13. The number of carbonyl (C=O) groups is 2. The summed E-state index contributed by atoms with van der Waals surface area (Å²) >= 11 is 18.8. The second-order valence-electron chi connectivity index (χ2n) is 10.3. The minimum Gasteiger partial charge on any atom is -0.368 e. The van der Waals surface area contributed by atoms with Gasteiger partial charge in [-0.15, -0.1) is 0 Å². The molecule has 216 valence electrons. The molecule has 0 unspecified atom stereocenters. The first-order chi connectivity index (χ1) is 19.4. The molecule has 0 saturated heterocycles. The second kappa shape index (κ2) is 13.0. The molecule has 0 saturated carbocycles. The molecule has 1 heterocycles. The van der Waals surface area contributed by atoms with Crippen molar-refractivity contribution in [1.29, 1.82) is 0 Å². The van der Waals surface area contributed by atoms with Crippen LogP contribution in [0.2, 0.25) is 15.1 Å². The van der Waals surface area contributed by atoms with Crippen LogP contribution in [0.5, 0.6) is 0 Å². The SMILES string of the molecule is CC(C)C[C@H](NC(=O)C1=CC[C@@H](c2cccc(Cl)c2)N(S(=O)(=O)c2ccc(Cl)cc2)[C@H]1c1cccc(Cl)c1)C(N)=O. The summed E-state index contributed by atoms with van der Waals surface area (Å²) in [5.74, 6) is -1.20. The lowest BCUT2D eigenvalue weighted by Crippen LogP contribution is -2.49. The molecule has 0 aliphatic carbocycles. The average Bonchev–Trinajstić information content (AvgIpc) is 2.91. The van der Waals surface area contributed by atoms with Gasteiger partial charge in [-0.1, -0.05) is 79.0 Å². The Morgan fingerprint density at radius 3 is 2.07 bits per heavy atom. The van der Waals surface area contributed by atoms with Gasteiger partial charge in [0.15, 0.2) is 0 Å². The monoisotopic (exact) mass is 633 g/mol. The van der Waals surface area contributed by atoms with Crippen LogP contribution < -0.4 is 11.1 Å². The van der Waals surface area contributed by atoms with Crippen LogP contribution in [0.15, 0.2) is 89.3 Å². The fourth-order valence-electron chi connectivity index (χ4n) is 4.98. The van der Waals surface area contributed by atoms with Crippen molar-refractivity contribution in [2.45, 2.75) is 49.7 Å². The smallest absolute Gasteiger partial charge is 0.249 e. The van der Waals surface area contributed by atoms with Crippen LogP contribution in [0, 0.1) is 5.92 Å². The Bertz CT molecular complexity index is 1580. The van der Waals surface area contributed by atoms with Gasteiger partial charge in [-0.05, 0) is 78.4 Å². The molecule has 0 aromatic heterocycles. The first-order valence-electron chi connectivity index (χ1n) is 13.0. The Labute approximate surface area is 255 Å². The maximum atomic E-state index is 14.5. The van der Waals surface area contributed by atoms with Crippen LogP contribution in [0.3, 0.4) is 0 Å². The fourth-order valence-corrected chi connectivity index (χ4v) is 7.28. The van der Waals surface area contributed by atoms with E-state index < -0.39 is 40.0 Å². The zero-order chi connectivity index (χ0) is 29.9. The van der Waals surface area contributed by atoms with Crippen molar-refractivity contribution < 1.29 is 18.0 Å². The molecular formula is C30H30Cl3N3O4S. The summed E-state index contributed by atoms with van der Waals surface area (Å²) in [7, 11) is -4.25. The highest BCUT2D eigenvalue weighted by molar-refractivity contribution is 7.89. The van der Waals surface area contributed by atoms with Crippen LogP contribution in [-0.4, -0.2) is 30.6 Å². The van der Waals surface area contributed by atoms with Crippen molar-refractivity contribution in [1.82, 2.24) is 9.62 Å². The summed E-state index contributed by atoms with van der Waals surface area (Å²) < 4.78 is 30.2. The molecule has 0 spiro atoms. The summed E-state index contributed by atoms with van der Waals surface area (Å²) in [6.45, 7) is 3.82. The maximum Gasteiger partial charge on any atom is 0.249 e. The third-order valence-electron chi connectivity index (χ3n) is 6.82. The van der Waals surface area contributed by atoms with E-state index in [9.17, 15) is 18.0 Å². The molecule has 3 N–H and O–H groups in total. The summed E-state index contributed by atoms with van der Waals surface area (Å²) in [4.78, 5) is 26.0. The minimum atomic E-state index is -4.25. The van der Waals surface area contributed by atoms with Crippen molar-refractivity contribution in [3.63, 3.8) is 0 Å². The molecule has 0 bridgehead atoms. The second-order valence-corrected chi connectivity index (χ2v) is 13.4. The van der Waals surface area contributed by atoms with E-state index >= 15 is 0 Å². The van der Waals surface area contributed by atoms with E-state index in [2.05, 4.69) is 5.32 Å². The predicted molar refractivity (Wildman–Crippen MR) is 162 cm³/mol. The number of nitrogens with zero attached hydrogens (tertiary/aromatic N) is 1. The number of hydrogen-bond acceptors (Lipinski definition) is 4. The minimum absolute atomic E-state index is 0.00238. The van der Waals surface area contributed by atoms with Crippen molar-refractivity contribution >= 4 is 56.6 Å². The molecular weight excluding hydrogens is 605 g/mol. The van der Waals surface area contributed by atoms with Crippen molar-refractivity contribution in [3.05, 3.63) is 111 Å². The van der Waals surface area contributed by atoms with E-state index in [0.717, 1.165) is 0 Å². The molecule has 3 aromatic rings. The zero-order valence-electron chi connectivity index (χ0n) is 22.4. The predicted octanol–water partition coefficient (Wildman–Crippen LogP) is 6.47. The van der Waals surface area contributed by atoms with Gasteiger partial charge in [-0.3, -0.25) is 9.59 Å². The molecule has 11 heteroatoms. The summed E-state index contributed by atoms with van der Waals surface area (Å²) in [6.07, 6.45) is 2.19. The first-order valence-corrected chi connectivity index (χ1v) is 15.6. The molecule has 2 amide bonds. The van der Waals surface area contributed by atoms with Crippen LogP contribution in [0.25, 0.3) is 0 Å². The molecule has 4 rings (SSSR count). The standard InChI is InChI=1S/C30H30Cl3N3O4S/c1-18(2)15-26(29(34)37)35-30(38)25-13-14-27(19-5-3-7-22(32)16-19)36(28(25)20-6-4-8-23(33)17-20)41(39,40)24-11-9-21(31)10-12-24/h3-13,16-18,26-28H,14-15H2,1-2H3,(H2,34,37)(H,35,38)/t26-,27-,28-/m0/s1. The molecule has 0 fully saturated rings. The molecule has 0 radical (unpaired) electrons. The molecule has 41 heavy (non-hydrogen) atoms. The van der Waals surface area contributed by atoms with Gasteiger partial charge < -0.3 is 11.1 Å². The van der Waals surface area contributed by atoms with Gasteiger partial charge in [0.05, 0.1) is 17.0 Å². The number of benzene rings is 3. The van der Waals surface area contributed by atoms with E-state index in [4.69, 9.17) is 40.5 Å². The number of sulfonamides is 1. The van der Waals surface area contributed by atoms with E-state index in [1.165, 1.54) is 28.6 Å². The number of nitrogens with one attached hydrogen (secondary N) is 1. The summed E-state index contributed by atoms with van der Waals surface area (Å²) in [5, 5.41) is 3.93. The lowest BCUT2D eigenvalue weighted by molar-refractivity contribution is -0.126. The fraction of sp³-hybridized carbons (Fsp3) is 0.267. The van der Waals surface area contributed by atoms with Crippen LogP contribution >= 0.6 is 34.8 Å². The van der Waals surface area contributed by atoms with Gasteiger partial charge in [0.25, 0.3) is 0 Å². The van der Waals surface area contributed by atoms with Crippen molar-refractivity contribution in [2.24, 2.45) is 11.7 Å². The number of hydrogen-bond donors (Lipinski definition) is 2. The number of rotatable bonds is 9. The van der Waals surface area contributed by atoms with Crippen LogP contribution in [0.4, 0.5) is 0 Å². The quantitative estimate of drug-likeness (QED) is 0.281. The normalized spacial score (nSPS) is 18.5. The van der Waals surface area contributed by atoms with Gasteiger partial charge in [0, 0.05) is 20.6 Å². The molecule has 1 aliphatic rings. The molecule has 3 atom stereocenters. The van der Waals surface area contributed by atoms with Gasteiger partial charge in [-0.25, -0.2) is 8.42 Å². The lowest BCUT2D eigenvalue weighted by Gasteiger charge is -2.41. The maximum absolute atomic E-state index is 14.5. The van der Waals surface area contributed by atoms with Gasteiger partial charge in [0.2, 0.25) is 21.8 Å². The molecule has 3 aromatic carbocycles. The Balaban J connectivity index is 1.93. The van der Waals surface area contributed by atoms with E-state index in [0.29, 0.717) is 32.6 Å². The van der Waals surface area contributed by atoms with Crippen LogP contribution in [-0.2, 0) is 19.6 Å². The van der Waals surface area contributed by atoms with E-state index in [-0.39, 0.29) is 22.8 Å². The highest BCUT2D eigenvalue weighted by atomic mass is 35.5. The Morgan fingerprint density at radius 1 is 0.927 bits per heavy atom. The lowest BCUT2D eigenvalue weighted by atomic mass is 9.88. The Hall–Kier alpha value is -2.88. The van der Waals surface area contributed by atoms with Gasteiger partial charge in [-0.2, -0.15) is 4.31 Å². The highest BCUT2D eigenvalue weighted by Crippen LogP contribution is 2.46. The van der Waals surface area contributed by atoms with Gasteiger partial charge >= 0.3 is 0 Å². The zero-order valence-corrected chi connectivity index (χ0v) is 25.5. The van der Waals surface area contributed by atoms with E-state index in [1.807, 2.05) is 13.8 Å². The Morgan fingerprint density at radius 2 is 1.51 bits per heavy atom. The number of carbonyl (C=O) groups excluding carboxylic acids is 2. The van der Waals surface area contributed by atoms with Gasteiger partial charge in [0.1, 0.15) is 6.04 Å². The largest absolute Gasteiger partial charge is 0.368 e. The highest BCUT2D eigenvalue weighted by Gasteiger charge is 2.45. The van der Waals surface area contributed by atoms with Crippen LogP contribution in [0.1, 0.15) is 49.9 Å². The number of halogens is 3. The number of nitrogens with two attached hydrogens (primary N) is 1. The average molecular weight is 635 g/mol. The third-order valence-corrected chi connectivity index (χ3v) is 9.43. The topological polar surface area (TPSA) is 110 Å². The summed E-state index contributed by atoms with van der Waals surface area (Å²) in [6, 6.07) is 16.7. The van der Waals surface area contributed by atoms with Crippen molar-refractivity contribution in [2.75, 3.05) is 0 Å². The number of amides is 2. The summed E-state index contributed by atoms with van der Waals surface area (Å²) in [5.41, 5.74) is 6.88. The first kappa shape index (κ1) is 31.1. The Kier molecular flexibility index (Phi) is 9.82.